The number of rotatable bonds is 15. The molecule has 0 heterocycles. The van der Waals surface area contributed by atoms with Gasteiger partial charge in [-0.15, -0.1) is 0 Å². The first-order valence-corrected chi connectivity index (χ1v) is 15.5. The van der Waals surface area contributed by atoms with Crippen molar-refractivity contribution in [2.75, 3.05) is 31.9 Å². The number of hydrogen-bond donors (Lipinski definition) is 18. The third-order valence-electron chi connectivity index (χ3n) is 5.82. The maximum absolute atomic E-state index is 14.2. The zero-order chi connectivity index (χ0) is 37.0. The SMILES string of the molecule is N=C(N)Nc1cc(COP(=O)(OCc2cc(NC(=N)N)cc(NC(=N)N)c2)OCc2cc(NC(=N)N)cc(NC(=N)N)c2)cc(NC(=N)N)c1. The first-order chi connectivity index (χ1) is 23.5. The Morgan fingerprint density at radius 1 is 0.420 bits per heavy atom. The third-order valence-corrected chi connectivity index (χ3v) is 7.16. The molecule has 266 valence electrons. The van der Waals surface area contributed by atoms with Crippen LogP contribution in [-0.2, 0) is 38.0 Å². The topological polar surface area (TPSA) is 416 Å². The van der Waals surface area contributed by atoms with Crippen LogP contribution in [0.15, 0.2) is 54.6 Å². The van der Waals surface area contributed by atoms with Gasteiger partial charge in [-0.05, 0) is 71.3 Å². The maximum Gasteiger partial charge on any atom is 0.475 e. The number of guanidine groups is 6. The van der Waals surface area contributed by atoms with Gasteiger partial charge in [0, 0.05) is 34.1 Å². The Kier molecular flexibility index (Phi) is 12.9. The van der Waals surface area contributed by atoms with Gasteiger partial charge in [0.25, 0.3) is 0 Å². The fraction of sp³-hybridized carbons (Fsp3) is 0.111. The number of phosphoric acid groups is 1. The molecule has 0 fully saturated rings. The molecule has 3 rings (SSSR count). The molecule has 0 spiro atoms. The second kappa shape index (κ2) is 17.0. The molecular formula is C27H39N18O4P. The minimum absolute atomic E-state index is 0.333. The molecule has 0 radical (unpaired) electrons. The van der Waals surface area contributed by atoms with Crippen LogP contribution in [0.5, 0.6) is 0 Å². The van der Waals surface area contributed by atoms with Gasteiger partial charge >= 0.3 is 7.82 Å². The zero-order valence-electron chi connectivity index (χ0n) is 26.4. The summed E-state index contributed by atoms with van der Waals surface area (Å²) < 4.78 is 31.5. The molecule has 3 aromatic rings. The van der Waals surface area contributed by atoms with Crippen molar-refractivity contribution in [1.29, 1.82) is 32.5 Å². The van der Waals surface area contributed by atoms with Crippen molar-refractivity contribution in [2.24, 2.45) is 34.4 Å². The van der Waals surface area contributed by atoms with Crippen LogP contribution < -0.4 is 66.3 Å². The summed E-state index contributed by atoms with van der Waals surface area (Å²) in [6.45, 7) is -1.11. The van der Waals surface area contributed by atoms with E-state index in [-0.39, 0.29) is 55.6 Å². The van der Waals surface area contributed by atoms with Crippen LogP contribution in [0.25, 0.3) is 0 Å². The van der Waals surface area contributed by atoms with Gasteiger partial charge in [0.1, 0.15) is 0 Å². The number of anilines is 6. The average Bonchev–Trinajstić information content (AvgIpc) is 2.96. The largest absolute Gasteiger partial charge is 0.475 e. The first-order valence-electron chi connectivity index (χ1n) is 14.1. The van der Waals surface area contributed by atoms with Crippen molar-refractivity contribution in [3.8, 4) is 0 Å². The third kappa shape index (κ3) is 13.2. The average molecular weight is 711 g/mol. The highest BCUT2D eigenvalue weighted by Gasteiger charge is 2.28. The molecule has 22 nitrogen and oxygen atoms in total. The normalized spacial score (nSPS) is 11.7. The number of benzene rings is 3. The van der Waals surface area contributed by atoms with Crippen LogP contribution in [0.3, 0.4) is 0 Å². The van der Waals surface area contributed by atoms with Crippen LogP contribution in [0.1, 0.15) is 16.7 Å². The molecule has 0 saturated carbocycles. The lowest BCUT2D eigenvalue weighted by molar-refractivity contribution is 0.0979. The Balaban J connectivity index is 1.97. The van der Waals surface area contributed by atoms with E-state index in [2.05, 4.69) is 31.9 Å². The minimum atomic E-state index is -4.50. The summed E-state index contributed by atoms with van der Waals surface area (Å²) in [5.41, 5.74) is 36.1. The molecule has 3 aromatic carbocycles. The van der Waals surface area contributed by atoms with Crippen molar-refractivity contribution in [3.63, 3.8) is 0 Å². The van der Waals surface area contributed by atoms with E-state index in [1.54, 1.807) is 36.4 Å². The van der Waals surface area contributed by atoms with Gasteiger partial charge < -0.3 is 66.3 Å². The highest BCUT2D eigenvalue weighted by Crippen LogP contribution is 2.52. The van der Waals surface area contributed by atoms with E-state index in [0.717, 1.165) is 0 Å². The van der Waals surface area contributed by atoms with Gasteiger partial charge in [-0.3, -0.25) is 46.0 Å². The van der Waals surface area contributed by atoms with Gasteiger partial charge in [0.05, 0.1) is 19.8 Å². The van der Waals surface area contributed by atoms with Crippen LogP contribution in [0, 0.1) is 32.5 Å². The van der Waals surface area contributed by atoms with Gasteiger partial charge in [-0.2, -0.15) is 0 Å². The van der Waals surface area contributed by atoms with Crippen LogP contribution in [0.2, 0.25) is 0 Å². The second-order valence-corrected chi connectivity index (χ2v) is 11.9. The molecule has 0 saturated heterocycles. The molecule has 50 heavy (non-hydrogen) atoms. The Hall–Kier alpha value is -6.61. The van der Waals surface area contributed by atoms with Gasteiger partial charge in [0.15, 0.2) is 35.8 Å². The highest BCUT2D eigenvalue weighted by molar-refractivity contribution is 7.48. The maximum atomic E-state index is 14.2. The number of nitrogens with two attached hydrogens (primary N) is 6. The molecule has 0 aliphatic heterocycles. The summed E-state index contributed by atoms with van der Waals surface area (Å²) in [7, 11) is -4.50. The number of hydrogen-bond acceptors (Lipinski definition) is 10. The summed E-state index contributed by atoms with van der Waals surface area (Å²) >= 11 is 0. The molecule has 0 bridgehead atoms. The monoisotopic (exact) mass is 710 g/mol. The predicted octanol–water partition coefficient (Wildman–Crippen LogP) is 1.58. The zero-order valence-corrected chi connectivity index (χ0v) is 27.3. The van der Waals surface area contributed by atoms with Crippen molar-refractivity contribution in [2.45, 2.75) is 19.8 Å². The fourth-order valence-electron chi connectivity index (χ4n) is 4.26. The van der Waals surface area contributed by atoms with Crippen molar-refractivity contribution < 1.29 is 18.1 Å². The van der Waals surface area contributed by atoms with Gasteiger partial charge in [-0.1, -0.05) is 0 Å². The molecule has 0 atom stereocenters. The predicted molar refractivity (Wildman–Crippen MR) is 195 cm³/mol. The van der Waals surface area contributed by atoms with E-state index >= 15 is 0 Å². The first kappa shape index (κ1) is 37.8. The summed E-state index contributed by atoms with van der Waals surface area (Å²) in [6.07, 6.45) is 0. The van der Waals surface area contributed by atoms with Crippen LogP contribution in [-0.4, -0.2) is 35.8 Å². The molecule has 0 aliphatic carbocycles. The standard InChI is InChI=1S/C27H39N18O4P/c28-22(29)40-16-1-13(2-17(7-16)41-23(30)31)10-47-50(46,48-11-14-3-18(42-24(32)33)8-19(4-14)43-25(34)35)49-12-15-5-20(44-26(36)37)9-21(6-15)45-27(38)39/h1-9H,10-12H2,(H4,28,29,40)(H4,30,31,41)(H4,32,33,42)(H4,34,35,43)(H4,36,37,44)(H4,38,39,45). The molecule has 0 amide bonds. The summed E-state index contributed by atoms with van der Waals surface area (Å²) in [5.74, 6) is -2.20. The van der Waals surface area contributed by atoms with Crippen LogP contribution >= 0.6 is 7.82 Å². The smallest absolute Gasteiger partial charge is 0.370 e. The molecule has 0 unspecified atom stereocenters. The molecule has 23 heteroatoms. The summed E-state index contributed by atoms with van der Waals surface area (Å²) in [5, 5.41) is 61.2. The van der Waals surface area contributed by atoms with E-state index < -0.39 is 7.82 Å². The molecular weight excluding hydrogens is 671 g/mol. The minimum Gasteiger partial charge on any atom is -0.370 e. The van der Waals surface area contributed by atoms with Crippen LogP contribution in [0.4, 0.5) is 34.1 Å². The highest BCUT2D eigenvalue weighted by atomic mass is 31.2. The Morgan fingerprint density at radius 3 is 0.760 bits per heavy atom. The van der Waals surface area contributed by atoms with Gasteiger partial charge in [0.2, 0.25) is 0 Å². The lowest BCUT2D eigenvalue weighted by Gasteiger charge is -2.20. The Bertz CT molecular complexity index is 1540. The summed E-state index contributed by atoms with van der Waals surface area (Å²) in [6, 6.07) is 13.9. The summed E-state index contributed by atoms with van der Waals surface area (Å²) in [4.78, 5) is 0. The molecule has 0 aliphatic rings. The lowest BCUT2D eigenvalue weighted by Crippen LogP contribution is -2.22. The Labute approximate surface area is 285 Å². The van der Waals surface area contributed by atoms with E-state index in [1.165, 1.54) is 18.2 Å². The van der Waals surface area contributed by atoms with E-state index in [4.69, 9.17) is 80.4 Å². The van der Waals surface area contributed by atoms with E-state index in [9.17, 15) is 4.57 Å². The van der Waals surface area contributed by atoms with Crippen molar-refractivity contribution in [1.82, 2.24) is 0 Å². The number of nitrogens with one attached hydrogen (secondary N) is 12. The van der Waals surface area contributed by atoms with E-state index in [1.807, 2.05) is 0 Å². The quantitative estimate of drug-likeness (QED) is 0.0604. The fourth-order valence-corrected chi connectivity index (χ4v) is 5.41. The molecule has 0 aromatic heterocycles. The van der Waals surface area contributed by atoms with Crippen molar-refractivity contribution >= 4 is 77.7 Å². The lowest BCUT2D eigenvalue weighted by atomic mass is 10.2. The second-order valence-electron chi connectivity index (χ2n) is 10.3. The van der Waals surface area contributed by atoms with Gasteiger partial charge in [-0.25, -0.2) is 4.57 Å². The Morgan fingerprint density at radius 2 is 0.600 bits per heavy atom. The molecule has 24 N–H and O–H groups in total. The number of phosphoric ester groups is 1. The van der Waals surface area contributed by atoms with Crippen molar-refractivity contribution in [3.05, 3.63) is 71.3 Å². The van der Waals surface area contributed by atoms with E-state index in [0.29, 0.717) is 50.8 Å².